The van der Waals surface area contributed by atoms with Gasteiger partial charge in [0.05, 0.1) is 6.61 Å². The fourth-order valence-electron chi connectivity index (χ4n) is 4.61. The van der Waals surface area contributed by atoms with E-state index in [1.54, 1.807) is 42.5 Å². The van der Waals surface area contributed by atoms with E-state index in [1.807, 2.05) is 104 Å². The first-order valence-corrected chi connectivity index (χ1v) is 16.8. The Hall–Kier alpha value is -4.87. The topological polar surface area (TPSA) is 96.5 Å². The maximum Gasteiger partial charge on any atom is 0.272 e. The molecule has 0 saturated carbocycles. The van der Waals surface area contributed by atoms with Crippen LogP contribution in [0, 0.1) is 3.57 Å². The van der Waals surface area contributed by atoms with Gasteiger partial charge in [-0.15, -0.1) is 11.8 Å². The largest absolute Gasteiger partial charge is 0.493 e. The van der Waals surface area contributed by atoms with Crippen molar-refractivity contribution in [2.45, 2.75) is 17.1 Å². The Labute approximate surface area is 292 Å². The summed E-state index contributed by atoms with van der Waals surface area (Å²) in [5.74, 6) is -0.518. The van der Waals surface area contributed by atoms with Crippen LogP contribution in [-0.2, 0) is 9.59 Å². The maximum absolute atomic E-state index is 13.7. The Morgan fingerprint density at radius 2 is 1.45 bits per heavy atom. The van der Waals surface area contributed by atoms with Crippen LogP contribution in [-0.4, -0.2) is 24.3 Å². The van der Waals surface area contributed by atoms with Crippen molar-refractivity contribution in [2.24, 2.45) is 0 Å². The third-order valence-corrected chi connectivity index (χ3v) is 8.81. The SMILES string of the molecule is CCOc1ccccc1/C=C(/NC(=O)c1ccccc1)C(=O)Nc1cccc(SC(C(=O)Nc2ccc(I)cc2)c2ccccc2)c1. The van der Waals surface area contributed by atoms with E-state index in [1.165, 1.54) is 11.8 Å². The van der Waals surface area contributed by atoms with E-state index in [2.05, 4.69) is 38.5 Å². The Morgan fingerprint density at radius 1 is 0.766 bits per heavy atom. The standard InChI is InChI=1S/C38H32IN3O4S/c1-2-46-34-19-10-9-16-28(34)24-33(42-36(43)27-14-7-4-8-15-27)37(44)41-31-17-11-18-32(25-31)47-35(26-12-5-3-6-13-26)38(45)40-30-22-20-29(39)21-23-30/h3-25,35H,2H2,1H3,(H,40,45)(H,41,44)(H,42,43)/b33-24+. The van der Waals surface area contributed by atoms with Gasteiger partial charge in [0.25, 0.3) is 11.8 Å². The zero-order chi connectivity index (χ0) is 33.0. The first-order chi connectivity index (χ1) is 22.9. The monoisotopic (exact) mass is 753 g/mol. The molecule has 0 radical (unpaired) electrons. The first-order valence-electron chi connectivity index (χ1n) is 14.9. The normalized spacial score (nSPS) is 11.7. The van der Waals surface area contributed by atoms with Gasteiger partial charge in [0.15, 0.2) is 0 Å². The van der Waals surface area contributed by atoms with Gasteiger partial charge in [-0.2, -0.15) is 0 Å². The average Bonchev–Trinajstić information content (AvgIpc) is 3.09. The summed E-state index contributed by atoms with van der Waals surface area (Å²) < 4.78 is 6.83. The van der Waals surface area contributed by atoms with Crippen LogP contribution in [0.1, 0.15) is 33.7 Å². The van der Waals surface area contributed by atoms with Gasteiger partial charge in [-0.25, -0.2) is 0 Å². The molecule has 0 aliphatic rings. The first kappa shape index (κ1) is 33.5. The summed E-state index contributed by atoms with van der Waals surface area (Å²) >= 11 is 3.60. The van der Waals surface area contributed by atoms with Crippen LogP contribution in [0.3, 0.4) is 0 Å². The molecule has 0 bridgehead atoms. The van der Waals surface area contributed by atoms with Crippen molar-refractivity contribution in [3.05, 3.63) is 159 Å². The second-order valence-electron chi connectivity index (χ2n) is 10.2. The van der Waals surface area contributed by atoms with E-state index in [0.29, 0.717) is 34.9 Å². The highest BCUT2D eigenvalue weighted by Gasteiger charge is 2.23. The molecule has 5 aromatic carbocycles. The van der Waals surface area contributed by atoms with Crippen LogP contribution >= 0.6 is 34.4 Å². The van der Waals surface area contributed by atoms with Gasteiger partial charge in [-0.3, -0.25) is 14.4 Å². The lowest BCUT2D eigenvalue weighted by atomic mass is 10.1. The van der Waals surface area contributed by atoms with Crippen LogP contribution in [0.15, 0.2) is 144 Å². The minimum atomic E-state index is -0.558. The van der Waals surface area contributed by atoms with E-state index in [0.717, 1.165) is 14.0 Å². The molecular weight excluding hydrogens is 721 g/mol. The van der Waals surface area contributed by atoms with Crippen LogP contribution in [0.5, 0.6) is 5.75 Å². The number of carbonyl (C=O) groups is 3. The van der Waals surface area contributed by atoms with Crippen molar-refractivity contribution >= 4 is 69.5 Å². The second kappa shape index (κ2) is 16.6. The van der Waals surface area contributed by atoms with Crippen molar-refractivity contribution in [3.63, 3.8) is 0 Å². The van der Waals surface area contributed by atoms with Crippen LogP contribution < -0.4 is 20.7 Å². The number of ether oxygens (including phenoxy) is 1. The number of hydrogen-bond acceptors (Lipinski definition) is 5. The number of halogens is 1. The highest BCUT2D eigenvalue weighted by molar-refractivity contribution is 14.1. The Bertz CT molecular complexity index is 1870. The number of hydrogen-bond donors (Lipinski definition) is 3. The number of benzene rings is 5. The molecule has 5 aromatic rings. The van der Waals surface area contributed by atoms with Gasteiger partial charge >= 0.3 is 0 Å². The molecule has 0 spiro atoms. The zero-order valence-corrected chi connectivity index (χ0v) is 28.5. The van der Waals surface area contributed by atoms with Gasteiger partial charge in [0.2, 0.25) is 5.91 Å². The lowest BCUT2D eigenvalue weighted by Gasteiger charge is -2.18. The molecule has 0 fully saturated rings. The predicted octanol–water partition coefficient (Wildman–Crippen LogP) is 8.57. The fraction of sp³-hybridized carbons (Fsp3) is 0.0789. The predicted molar refractivity (Wildman–Crippen MR) is 197 cm³/mol. The van der Waals surface area contributed by atoms with Crippen molar-refractivity contribution in [2.75, 3.05) is 17.2 Å². The molecule has 1 unspecified atom stereocenters. The molecule has 0 aliphatic carbocycles. The van der Waals surface area contributed by atoms with Crippen LogP contribution in [0.4, 0.5) is 11.4 Å². The Kier molecular flexibility index (Phi) is 11.8. The van der Waals surface area contributed by atoms with Crippen LogP contribution in [0.2, 0.25) is 0 Å². The van der Waals surface area contributed by atoms with E-state index >= 15 is 0 Å². The highest BCUT2D eigenvalue weighted by atomic mass is 127. The summed E-state index contributed by atoms with van der Waals surface area (Å²) in [6, 6.07) is 40.4. The fourth-order valence-corrected chi connectivity index (χ4v) is 6.05. The minimum absolute atomic E-state index is 0.0446. The molecule has 0 aromatic heterocycles. The Balaban J connectivity index is 1.39. The molecule has 7 nitrogen and oxygen atoms in total. The summed E-state index contributed by atoms with van der Waals surface area (Å²) in [5.41, 5.74) is 3.16. The quantitative estimate of drug-likeness (QED) is 0.0675. The smallest absolute Gasteiger partial charge is 0.272 e. The molecule has 47 heavy (non-hydrogen) atoms. The van der Waals surface area contributed by atoms with Gasteiger partial charge in [-0.1, -0.05) is 72.8 Å². The van der Waals surface area contributed by atoms with Crippen molar-refractivity contribution < 1.29 is 19.1 Å². The molecule has 5 rings (SSSR count). The van der Waals surface area contributed by atoms with Gasteiger partial charge in [0.1, 0.15) is 16.7 Å². The number of rotatable bonds is 12. The molecule has 0 saturated heterocycles. The number of para-hydroxylation sites is 1. The molecule has 9 heteroatoms. The molecule has 236 valence electrons. The molecule has 0 aliphatic heterocycles. The van der Waals surface area contributed by atoms with Crippen molar-refractivity contribution in [1.29, 1.82) is 0 Å². The average molecular weight is 754 g/mol. The summed E-state index contributed by atoms with van der Waals surface area (Å²) in [4.78, 5) is 41.2. The number of carbonyl (C=O) groups excluding carboxylic acids is 3. The second-order valence-corrected chi connectivity index (χ2v) is 12.7. The van der Waals surface area contributed by atoms with E-state index in [9.17, 15) is 14.4 Å². The van der Waals surface area contributed by atoms with Crippen molar-refractivity contribution in [1.82, 2.24) is 5.32 Å². The van der Waals surface area contributed by atoms with Gasteiger partial charge < -0.3 is 20.7 Å². The molecule has 0 heterocycles. The molecular formula is C38H32IN3O4S. The van der Waals surface area contributed by atoms with E-state index in [-0.39, 0.29) is 11.6 Å². The van der Waals surface area contributed by atoms with Gasteiger partial charge in [-0.05, 0) is 102 Å². The van der Waals surface area contributed by atoms with E-state index in [4.69, 9.17) is 4.74 Å². The summed E-state index contributed by atoms with van der Waals surface area (Å²) in [6.07, 6.45) is 1.60. The van der Waals surface area contributed by atoms with E-state index < -0.39 is 17.1 Å². The molecule has 3 amide bonds. The number of amides is 3. The van der Waals surface area contributed by atoms with Gasteiger partial charge in [0, 0.05) is 31.0 Å². The number of thioether (sulfide) groups is 1. The third kappa shape index (κ3) is 9.57. The Morgan fingerprint density at radius 3 is 2.17 bits per heavy atom. The van der Waals surface area contributed by atoms with Crippen molar-refractivity contribution in [3.8, 4) is 5.75 Å². The number of nitrogens with one attached hydrogen (secondary N) is 3. The molecule has 3 N–H and O–H groups in total. The summed E-state index contributed by atoms with van der Waals surface area (Å²) in [7, 11) is 0. The molecule has 1 atom stereocenters. The lowest BCUT2D eigenvalue weighted by molar-refractivity contribution is -0.116. The zero-order valence-electron chi connectivity index (χ0n) is 25.5. The lowest BCUT2D eigenvalue weighted by Crippen LogP contribution is -2.30. The maximum atomic E-state index is 13.7. The van der Waals surface area contributed by atoms with Crippen LogP contribution in [0.25, 0.3) is 6.08 Å². The number of anilines is 2. The third-order valence-electron chi connectivity index (χ3n) is 6.85. The summed E-state index contributed by atoms with van der Waals surface area (Å²) in [5, 5.41) is 8.17. The summed E-state index contributed by atoms with van der Waals surface area (Å²) in [6.45, 7) is 2.32. The highest BCUT2D eigenvalue weighted by Crippen LogP contribution is 2.37. The minimum Gasteiger partial charge on any atom is -0.493 e.